The molecule has 3 aromatic heterocycles. The Labute approximate surface area is 245 Å². The Kier molecular flexibility index (Phi) is 8.90. The number of aromatic nitrogens is 4. The Bertz CT molecular complexity index is 1690. The summed E-state index contributed by atoms with van der Waals surface area (Å²) in [7, 11) is 3.01. The van der Waals surface area contributed by atoms with E-state index in [1.807, 2.05) is 0 Å². The van der Waals surface area contributed by atoms with Crippen LogP contribution in [-0.2, 0) is 20.8 Å². The molecule has 4 heterocycles. The Morgan fingerprint density at radius 3 is 2.60 bits per heavy atom. The smallest absolute Gasteiger partial charge is 0.332 e. The minimum atomic E-state index is -1.03. The van der Waals surface area contributed by atoms with Gasteiger partial charge in [-0.15, -0.1) is 0 Å². The molecule has 0 saturated carbocycles. The number of benzene rings is 1. The minimum Gasteiger partial charge on any atom is -0.496 e. The number of rotatable bonds is 11. The fourth-order valence-corrected chi connectivity index (χ4v) is 6.66. The highest BCUT2D eigenvalue weighted by molar-refractivity contribution is 7.21. The highest BCUT2D eigenvalue weighted by Gasteiger charge is 2.31. The molecule has 42 heavy (non-hydrogen) atoms. The van der Waals surface area contributed by atoms with Crippen LogP contribution in [0.2, 0.25) is 0 Å². The maximum Gasteiger partial charge on any atom is 0.332 e. The maximum atomic E-state index is 14.5. The summed E-state index contributed by atoms with van der Waals surface area (Å²) in [5.74, 6) is -0.391. The summed E-state index contributed by atoms with van der Waals surface area (Å²) in [6.45, 7) is 4.89. The fraction of sp³-hybridized carbons (Fsp3) is 0.448. The molecule has 1 saturated heterocycles. The molecule has 224 valence electrons. The Morgan fingerprint density at radius 1 is 1.17 bits per heavy atom. The lowest BCUT2D eigenvalue weighted by atomic mass is 10.1. The second-order valence-electron chi connectivity index (χ2n) is 10.2. The molecule has 0 N–H and O–H groups in total. The molecule has 0 spiro atoms. The zero-order chi connectivity index (χ0) is 30.0. The lowest BCUT2D eigenvalue weighted by molar-refractivity contribution is -0.133. The number of aryl methyl sites for hydroxylation is 1. The minimum absolute atomic E-state index is 0.0811. The van der Waals surface area contributed by atoms with E-state index in [1.54, 1.807) is 41.9 Å². The van der Waals surface area contributed by atoms with Crippen LogP contribution in [0.3, 0.4) is 0 Å². The molecule has 0 unspecified atom stereocenters. The van der Waals surface area contributed by atoms with Gasteiger partial charge in [0.15, 0.2) is 0 Å². The molecule has 0 aliphatic carbocycles. The SMILES string of the molecule is COCCO[C@@H](Cn1c(=O)n([C@H](C)C(=O)N2CCCC2)c(=O)c2c(C)c(-n3cccn3)sc21)c1cc(F)ccc1OC. The number of methoxy groups -OCH3 is 2. The summed E-state index contributed by atoms with van der Waals surface area (Å²) in [6, 6.07) is 4.83. The lowest BCUT2D eigenvalue weighted by Gasteiger charge is -2.24. The number of hydrogen-bond acceptors (Lipinski definition) is 8. The van der Waals surface area contributed by atoms with Gasteiger partial charge in [-0.1, -0.05) is 11.3 Å². The molecular formula is C29H34FN5O6S. The van der Waals surface area contributed by atoms with Crippen molar-refractivity contribution in [1.82, 2.24) is 23.8 Å². The van der Waals surface area contributed by atoms with Gasteiger partial charge in [-0.25, -0.2) is 18.4 Å². The predicted octanol–water partition coefficient (Wildman–Crippen LogP) is 3.45. The quantitative estimate of drug-likeness (QED) is 0.243. The lowest BCUT2D eigenvalue weighted by Crippen LogP contribution is -2.47. The van der Waals surface area contributed by atoms with Gasteiger partial charge in [0.05, 0.1) is 32.3 Å². The maximum absolute atomic E-state index is 14.5. The Hall–Kier alpha value is -3.81. The van der Waals surface area contributed by atoms with E-state index in [1.165, 1.54) is 48.3 Å². The number of fused-ring (bicyclic) bond motifs is 1. The van der Waals surface area contributed by atoms with Crippen LogP contribution in [0.25, 0.3) is 15.2 Å². The van der Waals surface area contributed by atoms with Crippen molar-refractivity contribution in [2.24, 2.45) is 0 Å². The number of halogens is 1. The largest absolute Gasteiger partial charge is 0.496 e. The number of carbonyl (C=O) groups is 1. The average molecular weight is 600 g/mol. The normalized spacial score (nSPS) is 14.9. The number of amides is 1. The summed E-state index contributed by atoms with van der Waals surface area (Å²) in [4.78, 5) is 43.8. The van der Waals surface area contributed by atoms with Crippen LogP contribution in [0.15, 0.2) is 46.2 Å². The van der Waals surface area contributed by atoms with Crippen molar-refractivity contribution in [1.29, 1.82) is 0 Å². The van der Waals surface area contributed by atoms with Crippen LogP contribution in [0, 0.1) is 12.7 Å². The molecule has 1 aromatic carbocycles. The van der Waals surface area contributed by atoms with Gasteiger partial charge in [0, 0.05) is 43.7 Å². The molecule has 0 bridgehead atoms. The van der Waals surface area contributed by atoms with Crippen LogP contribution in [0.1, 0.15) is 43.0 Å². The third kappa shape index (κ3) is 5.51. The van der Waals surface area contributed by atoms with Crippen LogP contribution >= 0.6 is 11.3 Å². The molecule has 1 fully saturated rings. The van der Waals surface area contributed by atoms with E-state index in [0.29, 0.717) is 45.2 Å². The van der Waals surface area contributed by atoms with Crippen molar-refractivity contribution in [2.45, 2.75) is 45.4 Å². The topological polar surface area (TPSA) is 110 Å². The molecule has 1 aliphatic heterocycles. The summed E-state index contributed by atoms with van der Waals surface area (Å²) in [6.07, 6.45) is 4.29. The van der Waals surface area contributed by atoms with Gasteiger partial charge in [-0.05, 0) is 51.0 Å². The van der Waals surface area contributed by atoms with Crippen molar-refractivity contribution in [2.75, 3.05) is 40.5 Å². The van der Waals surface area contributed by atoms with Crippen molar-refractivity contribution < 1.29 is 23.4 Å². The molecule has 4 aromatic rings. The molecule has 1 aliphatic rings. The molecule has 2 atom stereocenters. The van der Waals surface area contributed by atoms with Gasteiger partial charge in [0.2, 0.25) is 5.91 Å². The Morgan fingerprint density at radius 2 is 1.93 bits per heavy atom. The Balaban J connectivity index is 1.72. The van der Waals surface area contributed by atoms with Crippen LogP contribution in [-0.4, -0.2) is 70.2 Å². The standard InChI is InChI=1S/C29H34FN5O6S/c1-18-24-26(37)35(19(2)25(36)32-11-5-6-12-32)29(38)33(28(24)42-27(18)34-13-7-10-31-34)17-23(41-15-14-39-3)21-16-20(30)8-9-22(21)40-4/h7-10,13,16,19,23H,5-6,11-12,14-15,17H2,1-4H3/t19-,23+/m1/s1. The van der Waals surface area contributed by atoms with Gasteiger partial charge < -0.3 is 19.1 Å². The third-order valence-corrected chi connectivity index (χ3v) is 8.89. The monoisotopic (exact) mass is 599 g/mol. The van der Waals surface area contributed by atoms with Gasteiger partial charge in [0.1, 0.15) is 33.5 Å². The van der Waals surface area contributed by atoms with Crippen molar-refractivity contribution in [3.05, 3.63) is 74.4 Å². The number of carbonyl (C=O) groups excluding carboxylic acids is 1. The fourth-order valence-electron chi connectivity index (χ4n) is 5.41. The van der Waals surface area contributed by atoms with Gasteiger partial charge >= 0.3 is 5.69 Å². The highest BCUT2D eigenvalue weighted by atomic mass is 32.1. The van der Waals surface area contributed by atoms with Crippen molar-refractivity contribution in [3.8, 4) is 10.8 Å². The summed E-state index contributed by atoms with van der Waals surface area (Å²) < 4.78 is 35.4. The molecule has 13 heteroatoms. The van der Waals surface area contributed by atoms with E-state index in [9.17, 15) is 18.8 Å². The number of likely N-dealkylation sites (tertiary alicyclic amines) is 1. The molecule has 5 rings (SSSR count). The summed E-state index contributed by atoms with van der Waals surface area (Å²) in [5.41, 5.74) is -0.171. The average Bonchev–Trinajstić information content (AvgIpc) is 3.76. The van der Waals surface area contributed by atoms with E-state index in [-0.39, 0.29) is 25.7 Å². The molecular weight excluding hydrogens is 565 g/mol. The second-order valence-corrected chi connectivity index (χ2v) is 11.2. The number of ether oxygens (including phenoxy) is 3. The van der Waals surface area contributed by atoms with E-state index in [2.05, 4.69) is 5.10 Å². The number of nitrogens with zero attached hydrogens (tertiary/aromatic N) is 5. The van der Waals surface area contributed by atoms with E-state index >= 15 is 0 Å². The van der Waals surface area contributed by atoms with Crippen molar-refractivity contribution >= 4 is 27.5 Å². The summed E-state index contributed by atoms with van der Waals surface area (Å²) in [5, 5.41) is 5.30. The molecule has 0 radical (unpaired) electrons. The number of thiophene rings is 1. The van der Waals surface area contributed by atoms with Crippen molar-refractivity contribution in [3.63, 3.8) is 0 Å². The highest BCUT2D eigenvalue weighted by Crippen LogP contribution is 2.34. The molecule has 11 nitrogen and oxygen atoms in total. The summed E-state index contributed by atoms with van der Waals surface area (Å²) >= 11 is 1.24. The van der Waals surface area contributed by atoms with Crippen LogP contribution < -0.4 is 16.0 Å². The van der Waals surface area contributed by atoms with E-state index in [4.69, 9.17) is 14.2 Å². The first-order valence-electron chi connectivity index (χ1n) is 13.8. The first kappa shape index (κ1) is 29.7. The van der Waals surface area contributed by atoms with E-state index in [0.717, 1.165) is 17.4 Å². The predicted molar refractivity (Wildman–Crippen MR) is 156 cm³/mol. The van der Waals surface area contributed by atoms with Crippen LogP contribution in [0.5, 0.6) is 5.75 Å². The molecule has 1 amide bonds. The van der Waals surface area contributed by atoms with E-state index < -0.39 is 29.2 Å². The first-order chi connectivity index (χ1) is 20.3. The number of hydrogen-bond donors (Lipinski definition) is 0. The van der Waals surface area contributed by atoms with Crippen LogP contribution in [0.4, 0.5) is 4.39 Å². The third-order valence-electron chi connectivity index (χ3n) is 7.59. The van der Waals surface area contributed by atoms with Gasteiger partial charge in [0.25, 0.3) is 5.56 Å². The van der Waals surface area contributed by atoms with Gasteiger partial charge in [-0.2, -0.15) is 5.10 Å². The first-order valence-corrected chi connectivity index (χ1v) is 14.6. The van der Waals surface area contributed by atoms with Gasteiger partial charge in [-0.3, -0.25) is 14.2 Å². The zero-order valence-corrected chi connectivity index (χ0v) is 24.9. The second kappa shape index (κ2) is 12.6. The zero-order valence-electron chi connectivity index (χ0n) is 24.0.